The van der Waals surface area contributed by atoms with Crippen LogP contribution in [0.1, 0.15) is 22.5 Å². The Labute approximate surface area is 146 Å². The lowest BCUT2D eigenvalue weighted by molar-refractivity contribution is 0.0727. The van der Waals surface area contributed by atoms with Crippen LogP contribution in [-0.4, -0.2) is 46.6 Å². The zero-order valence-corrected chi connectivity index (χ0v) is 13.9. The van der Waals surface area contributed by atoms with Gasteiger partial charge in [0, 0.05) is 31.7 Å². The number of pyridine rings is 1. The zero-order valence-electron chi connectivity index (χ0n) is 13.9. The third-order valence-corrected chi connectivity index (χ3v) is 4.60. The van der Waals surface area contributed by atoms with E-state index in [1.54, 1.807) is 0 Å². The molecule has 0 bridgehead atoms. The van der Waals surface area contributed by atoms with Crippen molar-refractivity contribution < 1.29 is 14.3 Å². The first-order valence-electron chi connectivity index (χ1n) is 8.45. The summed E-state index contributed by atoms with van der Waals surface area (Å²) in [6, 6.07) is 12.6. The van der Waals surface area contributed by atoms with Gasteiger partial charge in [0.1, 0.15) is 11.5 Å². The van der Waals surface area contributed by atoms with Crippen LogP contribution in [0.4, 0.5) is 4.39 Å². The Morgan fingerprint density at radius 2 is 2.08 bits per heavy atom. The molecule has 1 aliphatic rings. The van der Waals surface area contributed by atoms with Crippen LogP contribution >= 0.6 is 0 Å². The number of aliphatic hydroxyl groups excluding tert-OH is 1. The third-order valence-electron chi connectivity index (χ3n) is 4.60. The molecule has 0 aliphatic carbocycles. The van der Waals surface area contributed by atoms with Crippen molar-refractivity contribution in [2.24, 2.45) is 5.92 Å². The molecule has 5 nitrogen and oxygen atoms in total. The summed E-state index contributed by atoms with van der Waals surface area (Å²) in [6.07, 6.45) is 1.84. The van der Waals surface area contributed by atoms with E-state index in [0.717, 1.165) is 25.7 Å². The van der Waals surface area contributed by atoms with Crippen LogP contribution in [0, 0.1) is 11.7 Å². The zero-order chi connectivity index (χ0) is 17.6. The van der Waals surface area contributed by atoms with Gasteiger partial charge in [-0.05, 0) is 30.7 Å². The monoisotopic (exact) mass is 343 g/mol. The maximum Gasteiger partial charge on any atom is 0.270 e. The number of aromatic nitrogens is 1. The maximum absolute atomic E-state index is 12.9. The largest absolute Gasteiger partial charge is 0.396 e. The molecule has 1 aromatic heterocycles. The minimum absolute atomic E-state index is 0.0106. The fourth-order valence-corrected chi connectivity index (χ4v) is 3.19. The van der Waals surface area contributed by atoms with Gasteiger partial charge < -0.3 is 10.4 Å². The van der Waals surface area contributed by atoms with E-state index < -0.39 is 5.82 Å². The van der Waals surface area contributed by atoms with Gasteiger partial charge in [-0.3, -0.25) is 9.69 Å². The van der Waals surface area contributed by atoms with E-state index in [0.29, 0.717) is 6.54 Å². The van der Waals surface area contributed by atoms with Gasteiger partial charge >= 0.3 is 0 Å². The van der Waals surface area contributed by atoms with Crippen LogP contribution in [-0.2, 0) is 6.54 Å². The van der Waals surface area contributed by atoms with Crippen molar-refractivity contribution in [1.82, 2.24) is 15.2 Å². The fraction of sp³-hybridized carbons (Fsp3) is 0.368. The highest BCUT2D eigenvalue weighted by atomic mass is 19.1. The number of nitrogens with zero attached hydrogens (tertiary/aromatic N) is 2. The summed E-state index contributed by atoms with van der Waals surface area (Å²) in [6.45, 7) is 2.37. The summed E-state index contributed by atoms with van der Waals surface area (Å²) in [4.78, 5) is 18.4. The molecule has 2 heterocycles. The van der Waals surface area contributed by atoms with Crippen LogP contribution in [0.3, 0.4) is 0 Å². The van der Waals surface area contributed by atoms with E-state index in [4.69, 9.17) is 0 Å². The van der Waals surface area contributed by atoms with Crippen molar-refractivity contribution in [3.63, 3.8) is 0 Å². The summed E-state index contributed by atoms with van der Waals surface area (Å²) < 4.78 is 12.9. The highest BCUT2D eigenvalue weighted by molar-refractivity contribution is 5.92. The van der Waals surface area contributed by atoms with Crippen LogP contribution in [0.2, 0.25) is 0 Å². The minimum atomic E-state index is -0.475. The number of piperidine rings is 1. The highest BCUT2D eigenvalue weighted by Crippen LogP contribution is 2.20. The van der Waals surface area contributed by atoms with Crippen molar-refractivity contribution >= 4 is 5.91 Å². The SMILES string of the molecule is O=C(N[C@@H]1CN(Cc2ccccc2)CC[C@H]1CO)c1ccc(F)cn1. The van der Waals surface area contributed by atoms with Gasteiger partial charge in [-0.2, -0.15) is 0 Å². The smallest absolute Gasteiger partial charge is 0.270 e. The van der Waals surface area contributed by atoms with Gasteiger partial charge in [-0.1, -0.05) is 30.3 Å². The lowest BCUT2D eigenvalue weighted by Crippen LogP contribution is -2.53. The first kappa shape index (κ1) is 17.5. The second-order valence-corrected chi connectivity index (χ2v) is 6.39. The number of halogens is 1. The molecule has 2 N–H and O–H groups in total. The van der Waals surface area contributed by atoms with E-state index in [9.17, 15) is 14.3 Å². The number of hydrogen-bond acceptors (Lipinski definition) is 4. The van der Waals surface area contributed by atoms with Crippen LogP contribution in [0.5, 0.6) is 0 Å². The van der Waals surface area contributed by atoms with E-state index >= 15 is 0 Å². The lowest BCUT2D eigenvalue weighted by atomic mass is 9.91. The molecule has 2 atom stereocenters. The van der Waals surface area contributed by atoms with Crippen molar-refractivity contribution in [3.8, 4) is 0 Å². The molecular weight excluding hydrogens is 321 g/mol. The number of carbonyl (C=O) groups excluding carboxylic acids is 1. The van der Waals surface area contributed by atoms with E-state index in [-0.39, 0.29) is 30.2 Å². The third kappa shape index (κ3) is 4.61. The van der Waals surface area contributed by atoms with Crippen LogP contribution < -0.4 is 5.32 Å². The molecule has 0 saturated carbocycles. The number of likely N-dealkylation sites (tertiary alicyclic amines) is 1. The Hall–Kier alpha value is -2.31. The van der Waals surface area contributed by atoms with Gasteiger partial charge in [0.25, 0.3) is 5.91 Å². The fourth-order valence-electron chi connectivity index (χ4n) is 3.19. The Balaban J connectivity index is 1.64. The summed E-state index contributed by atoms with van der Waals surface area (Å²) in [7, 11) is 0. The molecule has 1 aliphatic heterocycles. The number of hydrogen-bond donors (Lipinski definition) is 2. The highest BCUT2D eigenvalue weighted by Gasteiger charge is 2.30. The molecule has 132 valence electrons. The van der Waals surface area contributed by atoms with Gasteiger partial charge in [0.15, 0.2) is 0 Å². The number of aliphatic hydroxyl groups is 1. The molecule has 2 aromatic rings. The molecule has 0 radical (unpaired) electrons. The van der Waals surface area contributed by atoms with E-state index in [1.165, 1.54) is 17.7 Å². The van der Waals surface area contributed by atoms with Gasteiger partial charge in [0.2, 0.25) is 0 Å². The number of carbonyl (C=O) groups is 1. The van der Waals surface area contributed by atoms with Gasteiger partial charge in [-0.25, -0.2) is 9.37 Å². The standard InChI is InChI=1S/C19H22FN3O2/c20-16-6-7-17(21-10-16)19(25)22-18-12-23(9-8-15(18)13-24)11-14-4-2-1-3-5-14/h1-7,10,15,18,24H,8-9,11-13H2,(H,22,25)/t15-,18+/m0/s1. The molecule has 1 aromatic carbocycles. The number of benzene rings is 1. The molecule has 1 amide bonds. The van der Waals surface area contributed by atoms with Crippen molar-refractivity contribution in [3.05, 3.63) is 65.7 Å². The Bertz CT molecular complexity index is 694. The van der Waals surface area contributed by atoms with Gasteiger partial charge in [0.05, 0.1) is 6.20 Å². The molecule has 25 heavy (non-hydrogen) atoms. The first-order valence-corrected chi connectivity index (χ1v) is 8.45. The van der Waals surface area contributed by atoms with E-state index in [2.05, 4.69) is 27.3 Å². The lowest BCUT2D eigenvalue weighted by Gasteiger charge is -2.38. The number of amides is 1. The topological polar surface area (TPSA) is 65.5 Å². The quantitative estimate of drug-likeness (QED) is 0.869. The van der Waals surface area contributed by atoms with Crippen molar-refractivity contribution in [2.45, 2.75) is 19.0 Å². The van der Waals surface area contributed by atoms with Gasteiger partial charge in [-0.15, -0.1) is 0 Å². The average molecular weight is 343 g/mol. The van der Waals surface area contributed by atoms with Crippen molar-refractivity contribution in [1.29, 1.82) is 0 Å². The maximum atomic E-state index is 12.9. The molecule has 3 rings (SSSR count). The summed E-state index contributed by atoms with van der Waals surface area (Å²) in [5.41, 5.74) is 1.40. The van der Waals surface area contributed by atoms with Crippen molar-refractivity contribution in [2.75, 3.05) is 19.7 Å². The predicted molar refractivity (Wildman–Crippen MR) is 92.4 cm³/mol. The second-order valence-electron chi connectivity index (χ2n) is 6.39. The summed E-state index contributed by atoms with van der Waals surface area (Å²) in [5.74, 6) is -0.807. The molecule has 0 unspecified atom stereocenters. The Morgan fingerprint density at radius 1 is 1.28 bits per heavy atom. The van der Waals surface area contributed by atoms with E-state index in [1.807, 2.05) is 18.2 Å². The number of rotatable bonds is 5. The molecular formula is C19H22FN3O2. The summed E-state index contributed by atoms with van der Waals surface area (Å²) >= 11 is 0. The van der Waals surface area contributed by atoms with Crippen LogP contribution in [0.25, 0.3) is 0 Å². The predicted octanol–water partition coefficient (Wildman–Crippen LogP) is 1.83. The Kier molecular flexibility index (Phi) is 5.73. The number of nitrogens with one attached hydrogen (secondary N) is 1. The Morgan fingerprint density at radius 3 is 2.76 bits per heavy atom. The molecule has 0 spiro atoms. The first-order chi connectivity index (χ1) is 12.2. The molecule has 6 heteroatoms. The normalized spacial score (nSPS) is 21.0. The van der Waals surface area contributed by atoms with Crippen LogP contribution in [0.15, 0.2) is 48.7 Å². The second kappa shape index (κ2) is 8.18. The summed E-state index contributed by atoms with van der Waals surface area (Å²) in [5, 5.41) is 12.6. The molecule has 1 saturated heterocycles. The average Bonchev–Trinajstić information content (AvgIpc) is 2.63. The minimum Gasteiger partial charge on any atom is -0.396 e. The molecule has 1 fully saturated rings.